The lowest BCUT2D eigenvalue weighted by molar-refractivity contribution is 0.282. The molecule has 17 heavy (non-hydrogen) atoms. The van der Waals surface area contributed by atoms with E-state index in [9.17, 15) is 0 Å². The van der Waals surface area contributed by atoms with Gasteiger partial charge in [-0.15, -0.1) is 0 Å². The molecular formula is C13H18N4. The van der Waals surface area contributed by atoms with Gasteiger partial charge in [0.25, 0.3) is 0 Å². The first-order valence-electron chi connectivity index (χ1n) is 6.28. The average Bonchev–Trinajstić information content (AvgIpc) is 2.59. The molecule has 4 nitrogen and oxygen atoms in total. The molecule has 1 aliphatic rings. The molecule has 0 aliphatic carbocycles. The van der Waals surface area contributed by atoms with E-state index in [0.29, 0.717) is 0 Å². The van der Waals surface area contributed by atoms with Crippen molar-refractivity contribution in [1.82, 2.24) is 20.4 Å². The Morgan fingerprint density at radius 3 is 3.12 bits per heavy atom. The van der Waals surface area contributed by atoms with Gasteiger partial charge in [0.1, 0.15) is 0 Å². The van der Waals surface area contributed by atoms with Gasteiger partial charge >= 0.3 is 0 Å². The van der Waals surface area contributed by atoms with Crippen LogP contribution in [-0.2, 0) is 6.54 Å². The predicted octanol–water partition coefficient (Wildman–Crippen LogP) is 1.36. The van der Waals surface area contributed by atoms with Gasteiger partial charge in [-0.2, -0.15) is 5.10 Å². The Balaban J connectivity index is 1.79. The molecule has 0 bridgehead atoms. The van der Waals surface area contributed by atoms with Crippen molar-refractivity contribution in [2.75, 3.05) is 26.2 Å². The summed E-state index contributed by atoms with van der Waals surface area (Å²) < 4.78 is 0. The van der Waals surface area contributed by atoms with E-state index in [4.69, 9.17) is 0 Å². The fourth-order valence-electron chi connectivity index (χ4n) is 2.42. The van der Waals surface area contributed by atoms with E-state index in [0.717, 1.165) is 31.7 Å². The number of hydrogen-bond donors (Lipinski definition) is 2. The number of H-pyrrole nitrogens is 1. The molecule has 0 saturated carbocycles. The molecule has 0 unspecified atom stereocenters. The molecule has 1 aromatic heterocycles. The first kappa shape index (κ1) is 10.7. The highest BCUT2D eigenvalue weighted by molar-refractivity contribution is 5.81. The molecule has 0 atom stereocenters. The molecule has 2 N–H and O–H groups in total. The first-order valence-corrected chi connectivity index (χ1v) is 6.28. The molecule has 0 amide bonds. The van der Waals surface area contributed by atoms with E-state index in [1.165, 1.54) is 24.0 Å². The summed E-state index contributed by atoms with van der Waals surface area (Å²) in [6, 6.07) is 8.30. The average molecular weight is 230 g/mol. The van der Waals surface area contributed by atoms with Gasteiger partial charge in [-0.3, -0.25) is 10.00 Å². The van der Waals surface area contributed by atoms with Crippen LogP contribution < -0.4 is 5.32 Å². The summed E-state index contributed by atoms with van der Waals surface area (Å²) in [4.78, 5) is 2.49. The van der Waals surface area contributed by atoms with Gasteiger partial charge in [-0.05, 0) is 25.6 Å². The van der Waals surface area contributed by atoms with Crippen LogP contribution in [0.25, 0.3) is 10.9 Å². The van der Waals surface area contributed by atoms with Crippen LogP contribution in [-0.4, -0.2) is 41.3 Å². The number of fused-ring (bicyclic) bond motifs is 1. The van der Waals surface area contributed by atoms with Gasteiger partial charge in [0.05, 0.1) is 11.2 Å². The second-order valence-electron chi connectivity index (χ2n) is 4.60. The second-order valence-corrected chi connectivity index (χ2v) is 4.60. The van der Waals surface area contributed by atoms with Gasteiger partial charge in [0, 0.05) is 25.0 Å². The van der Waals surface area contributed by atoms with Gasteiger partial charge in [0.15, 0.2) is 0 Å². The Bertz CT molecular complexity index is 483. The van der Waals surface area contributed by atoms with Crippen molar-refractivity contribution in [2.45, 2.75) is 13.0 Å². The van der Waals surface area contributed by atoms with E-state index < -0.39 is 0 Å². The van der Waals surface area contributed by atoms with Crippen LogP contribution in [0, 0.1) is 0 Å². The van der Waals surface area contributed by atoms with Crippen LogP contribution in [0.4, 0.5) is 0 Å². The smallest absolute Gasteiger partial charge is 0.0924 e. The van der Waals surface area contributed by atoms with Crippen LogP contribution in [0.15, 0.2) is 24.3 Å². The molecule has 1 saturated heterocycles. The molecule has 1 fully saturated rings. The minimum atomic E-state index is 0.974. The number of aromatic nitrogens is 2. The van der Waals surface area contributed by atoms with Crippen LogP contribution in [0.5, 0.6) is 0 Å². The van der Waals surface area contributed by atoms with E-state index in [1.807, 2.05) is 6.07 Å². The predicted molar refractivity (Wildman–Crippen MR) is 68.9 cm³/mol. The topological polar surface area (TPSA) is 44.0 Å². The van der Waals surface area contributed by atoms with Crippen LogP contribution in [0.3, 0.4) is 0 Å². The molecular weight excluding hydrogens is 212 g/mol. The summed E-state index contributed by atoms with van der Waals surface area (Å²) in [6.45, 7) is 5.49. The fourth-order valence-corrected chi connectivity index (χ4v) is 2.42. The third kappa shape index (κ3) is 2.33. The van der Waals surface area contributed by atoms with E-state index in [1.54, 1.807) is 0 Å². The lowest BCUT2D eigenvalue weighted by Crippen LogP contribution is -2.27. The fraction of sp³-hybridized carbons (Fsp3) is 0.462. The van der Waals surface area contributed by atoms with Crippen molar-refractivity contribution in [2.24, 2.45) is 0 Å². The summed E-state index contributed by atoms with van der Waals surface area (Å²) >= 11 is 0. The SMILES string of the molecule is c1ccc2c(CN3CCCNCC3)[nH]nc2c1. The van der Waals surface area contributed by atoms with E-state index in [-0.39, 0.29) is 0 Å². The summed E-state index contributed by atoms with van der Waals surface area (Å²) in [7, 11) is 0. The van der Waals surface area contributed by atoms with Crippen LogP contribution in [0.1, 0.15) is 12.1 Å². The number of hydrogen-bond acceptors (Lipinski definition) is 3. The van der Waals surface area contributed by atoms with Gasteiger partial charge in [0.2, 0.25) is 0 Å². The quantitative estimate of drug-likeness (QED) is 0.818. The molecule has 1 aromatic carbocycles. The number of para-hydroxylation sites is 1. The van der Waals surface area contributed by atoms with E-state index >= 15 is 0 Å². The van der Waals surface area contributed by atoms with Crippen molar-refractivity contribution in [3.8, 4) is 0 Å². The maximum Gasteiger partial charge on any atom is 0.0924 e. The van der Waals surface area contributed by atoms with Crippen molar-refractivity contribution in [3.05, 3.63) is 30.0 Å². The Labute approximate surface area is 101 Å². The molecule has 2 heterocycles. The van der Waals surface area contributed by atoms with Crippen LogP contribution in [0.2, 0.25) is 0 Å². The summed E-state index contributed by atoms with van der Waals surface area (Å²) in [6.07, 6.45) is 1.23. The zero-order valence-electron chi connectivity index (χ0n) is 9.95. The highest BCUT2D eigenvalue weighted by atomic mass is 15.2. The number of rotatable bonds is 2. The summed E-state index contributed by atoms with van der Waals surface area (Å²) in [5.41, 5.74) is 2.30. The number of nitrogens with zero attached hydrogens (tertiary/aromatic N) is 2. The maximum absolute atomic E-state index is 4.34. The maximum atomic E-state index is 4.34. The molecule has 90 valence electrons. The van der Waals surface area contributed by atoms with Gasteiger partial charge < -0.3 is 5.32 Å². The Morgan fingerprint density at radius 2 is 2.12 bits per heavy atom. The molecule has 3 rings (SSSR count). The number of benzene rings is 1. The third-order valence-corrected chi connectivity index (χ3v) is 3.35. The lowest BCUT2D eigenvalue weighted by atomic mass is 10.2. The zero-order chi connectivity index (χ0) is 11.5. The number of aromatic amines is 1. The van der Waals surface area contributed by atoms with Crippen molar-refractivity contribution in [3.63, 3.8) is 0 Å². The largest absolute Gasteiger partial charge is 0.315 e. The Hall–Kier alpha value is -1.39. The van der Waals surface area contributed by atoms with Gasteiger partial charge in [-0.1, -0.05) is 18.2 Å². The van der Waals surface area contributed by atoms with Gasteiger partial charge in [-0.25, -0.2) is 0 Å². The molecule has 1 aliphatic heterocycles. The van der Waals surface area contributed by atoms with Crippen LogP contribution >= 0.6 is 0 Å². The van der Waals surface area contributed by atoms with Crippen molar-refractivity contribution >= 4 is 10.9 Å². The monoisotopic (exact) mass is 230 g/mol. The standard InChI is InChI=1S/C13H18N4/c1-2-5-12-11(4-1)13(16-15-12)10-17-8-3-6-14-7-9-17/h1-2,4-5,14H,3,6-10H2,(H,15,16). The number of nitrogens with one attached hydrogen (secondary N) is 2. The highest BCUT2D eigenvalue weighted by Gasteiger charge is 2.12. The second kappa shape index (κ2) is 4.85. The lowest BCUT2D eigenvalue weighted by Gasteiger charge is -2.18. The molecule has 2 aromatic rings. The van der Waals surface area contributed by atoms with Crippen molar-refractivity contribution in [1.29, 1.82) is 0 Å². The van der Waals surface area contributed by atoms with Crippen molar-refractivity contribution < 1.29 is 0 Å². The zero-order valence-corrected chi connectivity index (χ0v) is 9.95. The Morgan fingerprint density at radius 1 is 1.18 bits per heavy atom. The summed E-state index contributed by atoms with van der Waals surface area (Å²) in [5.74, 6) is 0. The summed E-state index contributed by atoms with van der Waals surface area (Å²) in [5, 5.41) is 12.2. The first-order chi connectivity index (χ1) is 8.43. The molecule has 0 radical (unpaired) electrons. The minimum absolute atomic E-state index is 0.974. The molecule has 0 spiro atoms. The molecule has 4 heteroatoms. The highest BCUT2D eigenvalue weighted by Crippen LogP contribution is 2.16. The normalized spacial score (nSPS) is 18.4. The minimum Gasteiger partial charge on any atom is -0.315 e. The third-order valence-electron chi connectivity index (χ3n) is 3.35. The van der Waals surface area contributed by atoms with E-state index in [2.05, 4.69) is 38.6 Å². The Kier molecular flexibility index (Phi) is 3.07.